The van der Waals surface area contributed by atoms with Crippen molar-refractivity contribution in [3.8, 4) is 0 Å². The summed E-state index contributed by atoms with van der Waals surface area (Å²) in [5, 5.41) is 8.73. The molecule has 1 aliphatic rings. The fraction of sp³-hybridized carbons (Fsp3) is 0.438. The van der Waals surface area contributed by atoms with Crippen molar-refractivity contribution in [2.45, 2.75) is 32.7 Å². The van der Waals surface area contributed by atoms with Gasteiger partial charge in [0.1, 0.15) is 6.33 Å². The lowest BCUT2D eigenvalue weighted by Crippen LogP contribution is -2.46. The summed E-state index contributed by atoms with van der Waals surface area (Å²) in [4.78, 5) is 2.30. The molecule has 0 N–H and O–H groups in total. The third kappa shape index (κ3) is 4.13. The molecule has 0 radical (unpaired) electrons. The van der Waals surface area contributed by atoms with E-state index in [-0.39, 0.29) is 12.2 Å². The number of nitrogens with zero attached hydrogens (tertiary/aromatic N) is 5. The summed E-state index contributed by atoms with van der Waals surface area (Å²) in [6.45, 7) is 6.60. The normalized spacial score (nSPS) is 22.7. The summed E-state index contributed by atoms with van der Waals surface area (Å²) in [5.74, 6) is 0. The Bertz CT molecular complexity index is 714. The minimum atomic E-state index is 0.228. The lowest BCUT2D eigenvalue weighted by atomic mass is 10.2. The zero-order valence-corrected chi connectivity index (χ0v) is 14.2. The lowest BCUT2D eigenvalue weighted by Gasteiger charge is -2.34. The molecule has 6 nitrogen and oxygen atoms in total. The molecule has 122 valence electrons. The number of ether oxygens (including phenoxy) is 1. The molecule has 7 heteroatoms. The van der Waals surface area contributed by atoms with Crippen molar-refractivity contribution < 1.29 is 4.74 Å². The Morgan fingerprint density at radius 1 is 1.26 bits per heavy atom. The van der Waals surface area contributed by atoms with Crippen LogP contribution in [0.2, 0.25) is 0 Å². The Hall–Kier alpha value is -1.83. The van der Waals surface area contributed by atoms with Gasteiger partial charge in [-0.05, 0) is 31.6 Å². The molecule has 1 aromatic carbocycles. The van der Waals surface area contributed by atoms with Gasteiger partial charge in [0.2, 0.25) is 4.77 Å². The molecule has 1 aliphatic heterocycles. The summed E-state index contributed by atoms with van der Waals surface area (Å²) in [7, 11) is 0. The van der Waals surface area contributed by atoms with Crippen LogP contribution in [0.3, 0.4) is 0 Å². The Morgan fingerprint density at radius 2 is 1.96 bits per heavy atom. The highest BCUT2D eigenvalue weighted by Crippen LogP contribution is 2.11. The first-order valence-electron chi connectivity index (χ1n) is 7.73. The third-order valence-corrected chi connectivity index (χ3v) is 4.07. The Morgan fingerprint density at radius 3 is 2.65 bits per heavy atom. The standard InChI is InChI=1S/C16H21N5OS/c1-13-9-19(10-14(2)22-13)12-21-16(23)20(11-18-21)17-8-15-6-4-3-5-7-15/h3-8,11,13-14H,9-10,12H2,1-2H3/b17-8+. The molecule has 2 aromatic rings. The van der Waals surface area contributed by atoms with Gasteiger partial charge < -0.3 is 4.74 Å². The maximum atomic E-state index is 5.75. The van der Waals surface area contributed by atoms with Crippen molar-refractivity contribution in [2.24, 2.45) is 5.10 Å². The molecular formula is C16H21N5OS. The molecule has 2 unspecified atom stereocenters. The monoisotopic (exact) mass is 331 g/mol. The molecule has 3 rings (SSSR count). The number of rotatable bonds is 4. The average molecular weight is 331 g/mol. The van der Waals surface area contributed by atoms with E-state index >= 15 is 0 Å². The Labute approximate surface area is 141 Å². The van der Waals surface area contributed by atoms with Crippen molar-refractivity contribution in [1.82, 2.24) is 19.4 Å². The van der Waals surface area contributed by atoms with E-state index in [1.165, 1.54) is 0 Å². The largest absolute Gasteiger partial charge is 0.373 e. The first-order valence-corrected chi connectivity index (χ1v) is 8.14. The van der Waals surface area contributed by atoms with E-state index in [0.717, 1.165) is 18.7 Å². The molecule has 2 heterocycles. The van der Waals surface area contributed by atoms with Crippen molar-refractivity contribution in [3.05, 3.63) is 47.0 Å². The van der Waals surface area contributed by atoms with E-state index in [9.17, 15) is 0 Å². The van der Waals surface area contributed by atoms with E-state index in [1.54, 1.807) is 21.9 Å². The van der Waals surface area contributed by atoms with Crippen LogP contribution in [-0.2, 0) is 11.4 Å². The van der Waals surface area contributed by atoms with Crippen molar-refractivity contribution in [2.75, 3.05) is 13.1 Å². The second-order valence-electron chi connectivity index (χ2n) is 5.85. The van der Waals surface area contributed by atoms with Gasteiger partial charge in [0, 0.05) is 13.1 Å². The summed E-state index contributed by atoms with van der Waals surface area (Å²) in [6, 6.07) is 9.92. The van der Waals surface area contributed by atoms with Gasteiger partial charge in [-0.2, -0.15) is 14.9 Å². The number of hydrogen-bond donors (Lipinski definition) is 0. The SMILES string of the molecule is CC1CN(Cn2ncn(/N=C/c3ccccc3)c2=S)CC(C)O1. The van der Waals surface area contributed by atoms with Gasteiger partial charge in [-0.1, -0.05) is 30.3 Å². The maximum absolute atomic E-state index is 5.75. The Kier molecular flexibility index (Phi) is 5.00. The van der Waals surface area contributed by atoms with Crippen LogP contribution in [-0.4, -0.2) is 50.9 Å². The predicted molar refractivity (Wildman–Crippen MR) is 92.1 cm³/mol. The molecule has 1 aromatic heterocycles. The van der Waals surface area contributed by atoms with Crippen LogP contribution in [0.15, 0.2) is 41.8 Å². The van der Waals surface area contributed by atoms with E-state index in [2.05, 4.69) is 28.9 Å². The van der Waals surface area contributed by atoms with Gasteiger partial charge in [-0.25, -0.2) is 4.68 Å². The maximum Gasteiger partial charge on any atom is 0.220 e. The topological polar surface area (TPSA) is 47.6 Å². The van der Waals surface area contributed by atoms with E-state index in [4.69, 9.17) is 17.0 Å². The van der Waals surface area contributed by atoms with E-state index < -0.39 is 0 Å². The second-order valence-corrected chi connectivity index (χ2v) is 6.21. The predicted octanol–water partition coefficient (Wildman–Crippen LogP) is 2.36. The van der Waals surface area contributed by atoms with E-state index in [1.807, 2.05) is 30.3 Å². The van der Waals surface area contributed by atoms with E-state index in [0.29, 0.717) is 11.4 Å². The zero-order valence-electron chi connectivity index (χ0n) is 13.4. The molecule has 1 fully saturated rings. The molecule has 0 amide bonds. The van der Waals surface area contributed by atoms with Gasteiger partial charge in [0.15, 0.2) is 0 Å². The van der Waals surface area contributed by atoms with Gasteiger partial charge in [-0.3, -0.25) is 4.90 Å². The zero-order chi connectivity index (χ0) is 16.2. The molecule has 0 spiro atoms. The van der Waals surface area contributed by atoms with Crippen molar-refractivity contribution in [3.63, 3.8) is 0 Å². The molecular weight excluding hydrogens is 310 g/mol. The fourth-order valence-electron chi connectivity index (χ4n) is 2.76. The Balaban J connectivity index is 1.70. The van der Waals surface area contributed by atoms with Crippen molar-refractivity contribution >= 4 is 18.4 Å². The van der Waals surface area contributed by atoms with Crippen LogP contribution in [0.5, 0.6) is 0 Å². The van der Waals surface area contributed by atoms with Gasteiger partial charge in [0.25, 0.3) is 0 Å². The summed E-state index contributed by atoms with van der Waals surface area (Å²) < 4.78 is 9.75. The lowest BCUT2D eigenvalue weighted by molar-refractivity contribution is -0.0777. The van der Waals surface area contributed by atoms with Crippen LogP contribution >= 0.6 is 12.2 Å². The van der Waals surface area contributed by atoms with Crippen LogP contribution in [0.4, 0.5) is 0 Å². The highest BCUT2D eigenvalue weighted by molar-refractivity contribution is 7.71. The smallest absolute Gasteiger partial charge is 0.220 e. The highest BCUT2D eigenvalue weighted by Gasteiger charge is 2.22. The molecule has 23 heavy (non-hydrogen) atoms. The first-order chi connectivity index (χ1) is 11.1. The van der Waals surface area contributed by atoms with Gasteiger partial charge in [0.05, 0.1) is 25.1 Å². The molecule has 0 aliphatic carbocycles. The molecule has 2 atom stereocenters. The number of hydrogen-bond acceptors (Lipinski definition) is 5. The minimum Gasteiger partial charge on any atom is -0.373 e. The quantitative estimate of drug-likeness (QED) is 0.637. The summed E-state index contributed by atoms with van der Waals surface area (Å²) in [6.07, 6.45) is 3.88. The molecule has 0 saturated carbocycles. The van der Waals surface area contributed by atoms with Gasteiger partial charge >= 0.3 is 0 Å². The first kappa shape index (κ1) is 16.0. The second kappa shape index (κ2) is 7.16. The fourth-order valence-corrected chi connectivity index (χ4v) is 2.96. The summed E-state index contributed by atoms with van der Waals surface area (Å²) >= 11 is 5.46. The third-order valence-electron chi connectivity index (χ3n) is 3.68. The van der Waals surface area contributed by atoms with Crippen molar-refractivity contribution in [1.29, 1.82) is 0 Å². The highest BCUT2D eigenvalue weighted by atomic mass is 32.1. The average Bonchev–Trinajstić information content (AvgIpc) is 2.86. The number of aromatic nitrogens is 3. The number of benzene rings is 1. The van der Waals surface area contributed by atoms with Crippen LogP contribution < -0.4 is 0 Å². The van der Waals surface area contributed by atoms with Gasteiger partial charge in [-0.15, -0.1) is 0 Å². The number of morpholine rings is 1. The van der Waals surface area contributed by atoms with Crippen LogP contribution in [0.1, 0.15) is 19.4 Å². The summed E-state index contributed by atoms with van der Waals surface area (Å²) in [5.41, 5.74) is 1.03. The molecule has 1 saturated heterocycles. The molecule has 0 bridgehead atoms. The van der Waals surface area contributed by atoms with Crippen LogP contribution in [0, 0.1) is 4.77 Å². The van der Waals surface area contributed by atoms with Crippen LogP contribution in [0.25, 0.3) is 0 Å². The minimum absolute atomic E-state index is 0.228.